The Morgan fingerprint density at radius 3 is 3.08 bits per heavy atom. The molecule has 0 saturated carbocycles. The molecule has 0 bridgehead atoms. The zero-order chi connectivity index (χ0) is 16.9. The standard InChI is InChI=1S/C17H21N3O4/c1-11-3-4-15(22-2)12(5-11)6-17(21)20-14-9-23-10-16(14)24-13-7-18-19-8-13/h3-5,7-8,14,16H,6,9-10H2,1-2H3,(H,18,19)(H,20,21)/t14-,16+/m0/s1. The van der Waals surface area contributed by atoms with Crippen LogP contribution in [0.2, 0.25) is 0 Å². The number of hydrogen-bond donors (Lipinski definition) is 2. The highest BCUT2D eigenvalue weighted by atomic mass is 16.5. The Morgan fingerprint density at radius 2 is 2.33 bits per heavy atom. The molecule has 1 aromatic carbocycles. The van der Waals surface area contributed by atoms with Crippen molar-refractivity contribution in [1.29, 1.82) is 0 Å². The number of aryl methyl sites for hydroxylation is 1. The molecule has 1 aliphatic rings. The molecule has 2 heterocycles. The monoisotopic (exact) mass is 331 g/mol. The van der Waals surface area contributed by atoms with Crippen molar-refractivity contribution in [3.8, 4) is 11.5 Å². The second-order valence-electron chi connectivity index (χ2n) is 5.79. The van der Waals surface area contributed by atoms with Crippen LogP contribution in [0.4, 0.5) is 0 Å². The Morgan fingerprint density at radius 1 is 1.46 bits per heavy atom. The average molecular weight is 331 g/mol. The largest absolute Gasteiger partial charge is 0.496 e. The fourth-order valence-corrected chi connectivity index (χ4v) is 2.74. The van der Waals surface area contributed by atoms with Crippen LogP contribution in [0.5, 0.6) is 11.5 Å². The number of aromatic amines is 1. The Labute approximate surface area is 140 Å². The van der Waals surface area contributed by atoms with E-state index in [0.29, 0.717) is 24.7 Å². The van der Waals surface area contributed by atoms with E-state index in [9.17, 15) is 4.79 Å². The molecule has 2 N–H and O–H groups in total. The number of nitrogens with zero attached hydrogens (tertiary/aromatic N) is 1. The molecule has 0 radical (unpaired) electrons. The van der Waals surface area contributed by atoms with E-state index >= 15 is 0 Å². The first kappa shape index (κ1) is 16.3. The molecule has 7 nitrogen and oxygen atoms in total. The van der Waals surface area contributed by atoms with Crippen LogP contribution in [0.3, 0.4) is 0 Å². The van der Waals surface area contributed by atoms with E-state index in [0.717, 1.165) is 11.1 Å². The number of amides is 1. The van der Waals surface area contributed by atoms with E-state index in [1.165, 1.54) is 0 Å². The molecule has 1 amide bonds. The van der Waals surface area contributed by atoms with Gasteiger partial charge in [0.25, 0.3) is 0 Å². The fraction of sp³-hybridized carbons (Fsp3) is 0.412. The molecular formula is C17H21N3O4. The summed E-state index contributed by atoms with van der Waals surface area (Å²) in [5, 5.41) is 9.52. The van der Waals surface area contributed by atoms with E-state index in [1.807, 2.05) is 25.1 Å². The van der Waals surface area contributed by atoms with Gasteiger partial charge in [-0.2, -0.15) is 5.10 Å². The normalized spacial score (nSPS) is 19.9. The van der Waals surface area contributed by atoms with Crippen molar-refractivity contribution in [2.24, 2.45) is 0 Å². The van der Waals surface area contributed by atoms with E-state index < -0.39 is 0 Å². The van der Waals surface area contributed by atoms with Gasteiger partial charge in [-0.15, -0.1) is 0 Å². The first-order valence-corrected chi connectivity index (χ1v) is 7.82. The molecule has 24 heavy (non-hydrogen) atoms. The van der Waals surface area contributed by atoms with Crippen LogP contribution in [-0.4, -0.2) is 48.6 Å². The summed E-state index contributed by atoms with van der Waals surface area (Å²) in [6, 6.07) is 5.60. The number of hydrogen-bond acceptors (Lipinski definition) is 5. The summed E-state index contributed by atoms with van der Waals surface area (Å²) in [7, 11) is 1.60. The van der Waals surface area contributed by atoms with Crippen molar-refractivity contribution in [2.75, 3.05) is 20.3 Å². The van der Waals surface area contributed by atoms with Crippen LogP contribution in [0.15, 0.2) is 30.6 Å². The minimum atomic E-state index is -0.231. The Bertz CT molecular complexity index is 687. The molecule has 1 aromatic heterocycles. The van der Waals surface area contributed by atoms with Crippen LogP contribution >= 0.6 is 0 Å². The summed E-state index contributed by atoms with van der Waals surface area (Å²) in [5.74, 6) is 1.25. The number of carbonyl (C=O) groups excluding carboxylic acids is 1. The minimum Gasteiger partial charge on any atom is -0.496 e. The highest BCUT2D eigenvalue weighted by molar-refractivity contribution is 5.79. The molecule has 3 rings (SSSR count). The van der Waals surface area contributed by atoms with Crippen molar-refractivity contribution in [1.82, 2.24) is 15.5 Å². The number of aromatic nitrogens is 2. The molecule has 0 aliphatic carbocycles. The lowest BCUT2D eigenvalue weighted by atomic mass is 10.1. The van der Waals surface area contributed by atoms with Crippen molar-refractivity contribution in [3.63, 3.8) is 0 Å². The highest BCUT2D eigenvalue weighted by Gasteiger charge is 2.31. The second kappa shape index (κ2) is 7.35. The number of methoxy groups -OCH3 is 1. The minimum absolute atomic E-state index is 0.0878. The molecule has 1 saturated heterocycles. The molecule has 128 valence electrons. The third-order valence-electron chi connectivity index (χ3n) is 3.92. The van der Waals surface area contributed by atoms with Crippen molar-refractivity contribution in [2.45, 2.75) is 25.5 Å². The molecule has 7 heteroatoms. The number of nitrogens with one attached hydrogen (secondary N) is 2. The van der Waals surface area contributed by atoms with E-state index in [1.54, 1.807) is 19.5 Å². The number of rotatable bonds is 6. The van der Waals surface area contributed by atoms with Crippen LogP contribution in [-0.2, 0) is 16.0 Å². The van der Waals surface area contributed by atoms with E-state index in [4.69, 9.17) is 14.2 Å². The van der Waals surface area contributed by atoms with Crippen LogP contribution < -0.4 is 14.8 Å². The van der Waals surface area contributed by atoms with E-state index in [-0.39, 0.29) is 24.5 Å². The summed E-state index contributed by atoms with van der Waals surface area (Å²) < 4.78 is 16.5. The third-order valence-corrected chi connectivity index (χ3v) is 3.92. The van der Waals surface area contributed by atoms with Crippen molar-refractivity contribution >= 4 is 5.91 Å². The predicted molar refractivity (Wildman–Crippen MR) is 87.2 cm³/mol. The van der Waals surface area contributed by atoms with Crippen LogP contribution in [0.1, 0.15) is 11.1 Å². The van der Waals surface area contributed by atoms with Gasteiger partial charge in [0.05, 0.1) is 45.2 Å². The SMILES string of the molecule is COc1ccc(C)cc1CC(=O)N[C@H]1COC[C@H]1Oc1cn[nH]c1. The summed E-state index contributed by atoms with van der Waals surface area (Å²) in [4.78, 5) is 12.4. The van der Waals surface area contributed by atoms with Gasteiger partial charge in [-0.1, -0.05) is 17.7 Å². The molecule has 2 atom stereocenters. The topological polar surface area (TPSA) is 85.5 Å². The van der Waals surface area contributed by atoms with Gasteiger partial charge in [0.1, 0.15) is 11.9 Å². The van der Waals surface area contributed by atoms with Gasteiger partial charge in [0, 0.05) is 5.56 Å². The highest BCUT2D eigenvalue weighted by Crippen LogP contribution is 2.21. The maximum Gasteiger partial charge on any atom is 0.224 e. The van der Waals surface area contributed by atoms with Crippen molar-refractivity contribution in [3.05, 3.63) is 41.7 Å². The molecule has 2 aromatic rings. The lowest BCUT2D eigenvalue weighted by molar-refractivity contribution is -0.121. The fourth-order valence-electron chi connectivity index (χ4n) is 2.74. The molecule has 0 spiro atoms. The summed E-state index contributed by atoms with van der Waals surface area (Å²) >= 11 is 0. The Kier molecular flexibility index (Phi) is 5.00. The van der Waals surface area contributed by atoms with Gasteiger partial charge in [-0.05, 0) is 13.0 Å². The summed E-state index contributed by atoms with van der Waals surface area (Å²) in [6.45, 7) is 2.85. The van der Waals surface area contributed by atoms with Gasteiger partial charge in [0.15, 0.2) is 5.75 Å². The van der Waals surface area contributed by atoms with Gasteiger partial charge in [-0.25, -0.2) is 0 Å². The van der Waals surface area contributed by atoms with Crippen LogP contribution in [0.25, 0.3) is 0 Å². The molecule has 0 unspecified atom stereocenters. The van der Waals surface area contributed by atoms with Crippen molar-refractivity contribution < 1.29 is 19.0 Å². The third kappa shape index (κ3) is 3.86. The van der Waals surface area contributed by atoms with Gasteiger partial charge >= 0.3 is 0 Å². The lowest BCUT2D eigenvalue weighted by Gasteiger charge is -2.20. The average Bonchev–Trinajstić information content (AvgIpc) is 3.21. The zero-order valence-corrected chi connectivity index (χ0v) is 13.7. The second-order valence-corrected chi connectivity index (χ2v) is 5.79. The maximum absolute atomic E-state index is 12.4. The molecular weight excluding hydrogens is 310 g/mol. The van der Waals surface area contributed by atoms with Gasteiger partial charge < -0.3 is 19.5 Å². The van der Waals surface area contributed by atoms with Gasteiger partial charge in [-0.3, -0.25) is 9.89 Å². The number of H-pyrrole nitrogens is 1. The first-order valence-electron chi connectivity index (χ1n) is 7.82. The Balaban J connectivity index is 1.61. The first-order chi connectivity index (χ1) is 11.7. The Hall–Kier alpha value is -2.54. The number of ether oxygens (including phenoxy) is 3. The number of benzene rings is 1. The van der Waals surface area contributed by atoms with Gasteiger partial charge in [0.2, 0.25) is 5.91 Å². The van der Waals surface area contributed by atoms with E-state index in [2.05, 4.69) is 15.5 Å². The lowest BCUT2D eigenvalue weighted by Crippen LogP contribution is -2.45. The quantitative estimate of drug-likeness (QED) is 0.832. The summed E-state index contributed by atoms with van der Waals surface area (Å²) in [5.41, 5.74) is 1.95. The summed E-state index contributed by atoms with van der Waals surface area (Å²) in [6.07, 6.45) is 3.27. The van der Waals surface area contributed by atoms with Crippen LogP contribution in [0, 0.1) is 6.92 Å². The smallest absolute Gasteiger partial charge is 0.224 e. The zero-order valence-electron chi connectivity index (χ0n) is 13.7. The maximum atomic E-state index is 12.4. The predicted octanol–water partition coefficient (Wildman–Crippen LogP) is 1.23. The molecule has 1 fully saturated rings. The molecule has 1 aliphatic heterocycles. The number of carbonyl (C=O) groups is 1.